The summed E-state index contributed by atoms with van der Waals surface area (Å²) in [6.07, 6.45) is 3.51. The summed E-state index contributed by atoms with van der Waals surface area (Å²) in [7, 11) is 0. The number of nitrogens with two attached hydrogens (primary N) is 1. The van der Waals surface area contributed by atoms with Crippen LogP contribution in [0, 0.1) is 0 Å². The van der Waals surface area contributed by atoms with Crippen LogP contribution in [0.4, 0.5) is 5.82 Å². The largest absolute Gasteiger partial charge is 0.384 e. The summed E-state index contributed by atoms with van der Waals surface area (Å²) in [6, 6.07) is 10.9. The van der Waals surface area contributed by atoms with Gasteiger partial charge in [0.1, 0.15) is 11.6 Å². The van der Waals surface area contributed by atoms with Crippen molar-refractivity contribution in [1.29, 1.82) is 0 Å². The number of nitrogens with zero attached hydrogens (tertiary/aromatic N) is 2. The number of anilines is 1. The molecule has 2 aromatic rings. The van der Waals surface area contributed by atoms with Crippen molar-refractivity contribution in [1.82, 2.24) is 9.55 Å². The lowest BCUT2D eigenvalue weighted by Crippen LogP contribution is -2.04. The predicted molar refractivity (Wildman–Crippen MR) is 79.1 cm³/mol. The van der Waals surface area contributed by atoms with E-state index in [1.165, 1.54) is 12.8 Å². The molecule has 0 spiro atoms. The monoisotopic (exact) mass is 255 g/mol. The number of benzene rings is 1. The molecule has 3 nitrogen and oxygen atoms in total. The summed E-state index contributed by atoms with van der Waals surface area (Å²) in [5, 5.41) is 0. The third-order valence-electron chi connectivity index (χ3n) is 4.00. The molecule has 2 N–H and O–H groups in total. The molecule has 0 saturated heterocycles. The Hall–Kier alpha value is -1.77. The van der Waals surface area contributed by atoms with Crippen LogP contribution in [0.2, 0.25) is 0 Å². The van der Waals surface area contributed by atoms with Crippen LogP contribution in [0.25, 0.3) is 11.4 Å². The molecule has 0 radical (unpaired) electrons. The Morgan fingerprint density at radius 2 is 2.00 bits per heavy atom. The first-order valence-electron chi connectivity index (χ1n) is 7.15. The lowest BCUT2D eigenvalue weighted by molar-refractivity contribution is 0.711. The number of rotatable bonds is 4. The van der Waals surface area contributed by atoms with Gasteiger partial charge >= 0.3 is 0 Å². The van der Waals surface area contributed by atoms with Crippen LogP contribution < -0.4 is 5.73 Å². The average molecular weight is 255 g/mol. The summed E-state index contributed by atoms with van der Waals surface area (Å²) < 4.78 is 2.25. The fraction of sp³-hybridized carbons (Fsp3) is 0.438. The topological polar surface area (TPSA) is 43.8 Å². The molecule has 0 aliphatic heterocycles. The Labute approximate surface area is 114 Å². The first kappa shape index (κ1) is 12.3. The molecular weight excluding hydrogens is 234 g/mol. The van der Waals surface area contributed by atoms with Crippen molar-refractivity contribution < 1.29 is 0 Å². The van der Waals surface area contributed by atoms with E-state index in [1.54, 1.807) is 0 Å². The van der Waals surface area contributed by atoms with Crippen LogP contribution in [0.5, 0.6) is 0 Å². The molecule has 1 heterocycles. The molecule has 0 amide bonds. The molecule has 100 valence electrons. The maximum atomic E-state index is 6.36. The van der Waals surface area contributed by atoms with Gasteiger partial charge in [0.05, 0.1) is 5.69 Å². The Morgan fingerprint density at radius 3 is 2.58 bits per heavy atom. The highest BCUT2D eigenvalue weighted by atomic mass is 15.2. The summed E-state index contributed by atoms with van der Waals surface area (Å²) in [6.45, 7) is 4.38. The lowest BCUT2D eigenvalue weighted by Gasteiger charge is -2.09. The second kappa shape index (κ2) is 4.72. The van der Waals surface area contributed by atoms with Gasteiger partial charge in [0, 0.05) is 17.5 Å². The maximum Gasteiger partial charge on any atom is 0.142 e. The van der Waals surface area contributed by atoms with Gasteiger partial charge in [-0.2, -0.15) is 0 Å². The predicted octanol–water partition coefficient (Wildman–Crippen LogP) is 3.98. The summed E-state index contributed by atoms with van der Waals surface area (Å²) in [4.78, 5) is 4.85. The highest BCUT2D eigenvalue weighted by Gasteiger charge is 2.31. The van der Waals surface area contributed by atoms with Crippen molar-refractivity contribution in [2.75, 3.05) is 5.73 Å². The third kappa shape index (κ3) is 2.14. The van der Waals surface area contributed by atoms with Gasteiger partial charge < -0.3 is 10.3 Å². The Kier molecular flexibility index (Phi) is 3.05. The minimum atomic E-state index is 0.419. The number of aromatic nitrogens is 2. The van der Waals surface area contributed by atoms with E-state index in [-0.39, 0.29) is 0 Å². The van der Waals surface area contributed by atoms with E-state index in [0.717, 1.165) is 29.3 Å². The summed E-state index contributed by atoms with van der Waals surface area (Å²) in [5.41, 5.74) is 8.59. The van der Waals surface area contributed by atoms with Gasteiger partial charge in [-0.05, 0) is 19.3 Å². The van der Waals surface area contributed by atoms with Gasteiger partial charge in [-0.25, -0.2) is 4.98 Å². The van der Waals surface area contributed by atoms with Crippen LogP contribution in [-0.4, -0.2) is 9.55 Å². The molecule has 1 aliphatic carbocycles. The third-order valence-corrected chi connectivity index (χ3v) is 4.00. The molecule has 1 aliphatic rings. The second-order valence-corrected chi connectivity index (χ2v) is 5.48. The van der Waals surface area contributed by atoms with E-state index in [4.69, 9.17) is 10.7 Å². The number of hydrogen-bond acceptors (Lipinski definition) is 2. The van der Waals surface area contributed by atoms with Crippen molar-refractivity contribution in [2.24, 2.45) is 0 Å². The van der Waals surface area contributed by atoms with Crippen molar-refractivity contribution >= 4 is 5.82 Å². The zero-order chi connectivity index (χ0) is 13.4. The van der Waals surface area contributed by atoms with Crippen LogP contribution in [0.15, 0.2) is 30.3 Å². The number of imidazole rings is 1. The molecule has 1 aromatic carbocycles. The quantitative estimate of drug-likeness (QED) is 0.898. The van der Waals surface area contributed by atoms with Gasteiger partial charge in [0.25, 0.3) is 0 Å². The van der Waals surface area contributed by atoms with E-state index in [1.807, 2.05) is 6.07 Å². The highest BCUT2D eigenvalue weighted by molar-refractivity contribution is 5.61. The smallest absolute Gasteiger partial charge is 0.142 e. The summed E-state index contributed by atoms with van der Waals surface area (Å²) in [5.74, 6) is 2.33. The molecule has 1 atom stereocenters. The average Bonchev–Trinajstić information content (AvgIpc) is 3.22. The van der Waals surface area contributed by atoms with Crippen molar-refractivity contribution in [2.45, 2.75) is 45.1 Å². The molecule has 3 rings (SSSR count). The van der Waals surface area contributed by atoms with E-state index in [9.17, 15) is 0 Å². The van der Waals surface area contributed by atoms with Crippen LogP contribution >= 0.6 is 0 Å². The Balaban J connectivity index is 2.13. The standard InChI is InChI=1S/C16H21N3/c1-3-11(2)14-15(17)19(13-9-10-13)16(18-14)12-7-5-4-6-8-12/h4-8,11,13H,3,9-10,17H2,1-2H3. The van der Waals surface area contributed by atoms with Crippen molar-refractivity contribution in [3.8, 4) is 11.4 Å². The normalized spacial score (nSPS) is 16.5. The molecule has 1 unspecified atom stereocenters. The van der Waals surface area contributed by atoms with Gasteiger partial charge in [-0.3, -0.25) is 0 Å². The maximum absolute atomic E-state index is 6.36. The fourth-order valence-electron chi connectivity index (χ4n) is 2.51. The van der Waals surface area contributed by atoms with Gasteiger partial charge in [-0.1, -0.05) is 44.2 Å². The highest BCUT2D eigenvalue weighted by Crippen LogP contribution is 2.42. The van der Waals surface area contributed by atoms with E-state index in [2.05, 4.69) is 42.7 Å². The Bertz CT molecular complexity index is 567. The van der Waals surface area contributed by atoms with Gasteiger partial charge in [-0.15, -0.1) is 0 Å². The molecular formula is C16H21N3. The first-order valence-corrected chi connectivity index (χ1v) is 7.15. The minimum absolute atomic E-state index is 0.419. The second-order valence-electron chi connectivity index (χ2n) is 5.48. The van der Waals surface area contributed by atoms with Crippen LogP contribution in [0.3, 0.4) is 0 Å². The number of nitrogen functional groups attached to an aromatic ring is 1. The van der Waals surface area contributed by atoms with Crippen LogP contribution in [-0.2, 0) is 0 Å². The van der Waals surface area contributed by atoms with Crippen molar-refractivity contribution in [3.05, 3.63) is 36.0 Å². The van der Waals surface area contributed by atoms with Gasteiger partial charge in [0.2, 0.25) is 0 Å². The summed E-state index contributed by atoms with van der Waals surface area (Å²) >= 11 is 0. The van der Waals surface area contributed by atoms with E-state index in [0.29, 0.717) is 12.0 Å². The molecule has 1 aromatic heterocycles. The first-order chi connectivity index (χ1) is 9.22. The van der Waals surface area contributed by atoms with Crippen LogP contribution in [0.1, 0.15) is 50.8 Å². The fourth-order valence-corrected chi connectivity index (χ4v) is 2.51. The van der Waals surface area contributed by atoms with E-state index < -0.39 is 0 Å². The zero-order valence-corrected chi connectivity index (χ0v) is 11.6. The molecule has 1 fully saturated rings. The zero-order valence-electron chi connectivity index (χ0n) is 11.6. The molecule has 19 heavy (non-hydrogen) atoms. The molecule has 3 heteroatoms. The van der Waals surface area contributed by atoms with Crippen molar-refractivity contribution in [3.63, 3.8) is 0 Å². The molecule has 1 saturated carbocycles. The van der Waals surface area contributed by atoms with Gasteiger partial charge in [0.15, 0.2) is 0 Å². The minimum Gasteiger partial charge on any atom is -0.384 e. The lowest BCUT2D eigenvalue weighted by atomic mass is 10.1. The Morgan fingerprint density at radius 1 is 1.32 bits per heavy atom. The molecule has 0 bridgehead atoms. The van der Waals surface area contributed by atoms with E-state index >= 15 is 0 Å². The number of hydrogen-bond donors (Lipinski definition) is 1. The SMILES string of the molecule is CCC(C)c1nc(-c2ccccc2)n(C2CC2)c1N.